The van der Waals surface area contributed by atoms with E-state index >= 15 is 0 Å². The molecule has 0 spiro atoms. The molecular formula is C13H14N2OS. The maximum atomic E-state index is 10.3. The average Bonchev–Trinajstić information content (AvgIpc) is 2.64. The fourth-order valence-electron chi connectivity index (χ4n) is 1.78. The van der Waals surface area contributed by atoms with Crippen molar-refractivity contribution >= 4 is 34.6 Å². The van der Waals surface area contributed by atoms with Crippen LogP contribution in [0.25, 0.3) is 10.9 Å². The Labute approximate surface area is 105 Å². The molecule has 0 unspecified atom stereocenters. The first-order valence-electron chi connectivity index (χ1n) is 5.56. The zero-order valence-corrected chi connectivity index (χ0v) is 10.8. The van der Waals surface area contributed by atoms with Crippen molar-refractivity contribution in [2.75, 3.05) is 5.75 Å². The van der Waals surface area contributed by atoms with Crippen molar-refractivity contribution < 1.29 is 4.79 Å². The molecule has 1 heterocycles. The Balaban J connectivity index is 2.44. The Bertz CT molecular complexity index is 582. The molecule has 0 bridgehead atoms. The molecule has 0 fully saturated rings. The van der Waals surface area contributed by atoms with Gasteiger partial charge in [-0.15, -0.1) is 16.8 Å². The van der Waals surface area contributed by atoms with Gasteiger partial charge in [-0.05, 0) is 36.4 Å². The molecule has 17 heavy (non-hydrogen) atoms. The number of fused-ring (bicyclic) bond motifs is 1. The van der Waals surface area contributed by atoms with Crippen molar-refractivity contribution in [2.45, 2.75) is 18.2 Å². The van der Waals surface area contributed by atoms with E-state index in [2.05, 4.69) is 30.1 Å². The smallest absolute Gasteiger partial charge is 0.242 e. The van der Waals surface area contributed by atoms with Gasteiger partial charge < -0.3 is 4.57 Å². The van der Waals surface area contributed by atoms with E-state index in [0.29, 0.717) is 5.82 Å². The van der Waals surface area contributed by atoms with Crippen LogP contribution in [0.15, 0.2) is 34.2 Å². The van der Waals surface area contributed by atoms with Crippen LogP contribution in [-0.2, 0) is 11.8 Å². The van der Waals surface area contributed by atoms with E-state index in [4.69, 9.17) is 0 Å². The maximum Gasteiger partial charge on any atom is 0.242 e. The summed E-state index contributed by atoms with van der Waals surface area (Å²) >= 11 is 1.85. The van der Waals surface area contributed by atoms with Gasteiger partial charge in [0.25, 0.3) is 0 Å². The Morgan fingerprint density at radius 1 is 1.41 bits per heavy atom. The first-order valence-corrected chi connectivity index (χ1v) is 6.55. The fraction of sp³-hybridized carbons (Fsp3) is 0.308. The van der Waals surface area contributed by atoms with Crippen molar-refractivity contribution in [1.82, 2.24) is 4.57 Å². The minimum absolute atomic E-state index is 0.646. The largest absolute Gasteiger partial charge is 0.328 e. The SMILES string of the molecule is CCCSc1ccc2c(c1)cc(N=C=O)n2C. The lowest BCUT2D eigenvalue weighted by Crippen LogP contribution is -1.85. The number of isocyanates is 1. The van der Waals surface area contributed by atoms with Crippen LogP contribution in [-0.4, -0.2) is 16.4 Å². The third-order valence-corrected chi connectivity index (χ3v) is 3.82. The Hall–Kier alpha value is -1.51. The van der Waals surface area contributed by atoms with Crippen molar-refractivity contribution in [1.29, 1.82) is 0 Å². The van der Waals surface area contributed by atoms with Gasteiger partial charge in [0.1, 0.15) is 5.82 Å². The Kier molecular flexibility index (Phi) is 3.67. The summed E-state index contributed by atoms with van der Waals surface area (Å²) < 4.78 is 1.90. The molecule has 88 valence electrons. The summed E-state index contributed by atoms with van der Waals surface area (Å²) in [5.74, 6) is 1.77. The normalized spacial score (nSPS) is 10.5. The van der Waals surface area contributed by atoms with Crippen molar-refractivity contribution in [3.63, 3.8) is 0 Å². The quantitative estimate of drug-likeness (QED) is 0.469. The molecule has 1 aromatic heterocycles. The highest BCUT2D eigenvalue weighted by Crippen LogP contribution is 2.28. The lowest BCUT2D eigenvalue weighted by atomic mass is 10.2. The molecule has 0 saturated carbocycles. The zero-order chi connectivity index (χ0) is 12.3. The summed E-state index contributed by atoms with van der Waals surface area (Å²) in [6.07, 6.45) is 2.75. The first-order chi connectivity index (χ1) is 8.26. The number of thioether (sulfide) groups is 1. The molecule has 2 aromatic rings. The predicted octanol–water partition coefficient (Wildman–Crippen LogP) is 3.65. The van der Waals surface area contributed by atoms with E-state index in [1.165, 1.54) is 4.90 Å². The summed E-state index contributed by atoms with van der Waals surface area (Å²) in [6.45, 7) is 2.17. The van der Waals surface area contributed by atoms with Gasteiger partial charge in [0.05, 0.1) is 0 Å². The van der Waals surface area contributed by atoms with Crippen LogP contribution in [0.4, 0.5) is 5.82 Å². The molecular weight excluding hydrogens is 232 g/mol. The number of aryl methyl sites for hydroxylation is 1. The van der Waals surface area contributed by atoms with E-state index in [0.717, 1.165) is 23.1 Å². The van der Waals surface area contributed by atoms with E-state index < -0.39 is 0 Å². The highest BCUT2D eigenvalue weighted by atomic mass is 32.2. The molecule has 0 radical (unpaired) electrons. The molecule has 0 atom stereocenters. The number of hydrogen-bond acceptors (Lipinski definition) is 3. The van der Waals surface area contributed by atoms with Crippen LogP contribution >= 0.6 is 11.8 Å². The number of aromatic nitrogens is 1. The third kappa shape index (κ3) is 2.43. The Morgan fingerprint density at radius 3 is 2.94 bits per heavy atom. The molecule has 2 rings (SSSR count). The molecule has 0 aliphatic carbocycles. The lowest BCUT2D eigenvalue weighted by Gasteiger charge is -2.01. The molecule has 0 aliphatic heterocycles. The highest BCUT2D eigenvalue weighted by Gasteiger charge is 2.05. The zero-order valence-electron chi connectivity index (χ0n) is 9.93. The average molecular weight is 246 g/mol. The number of benzene rings is 1. The van der Waals surface area contributed by atoms with Crippen LogP contribution < -0.4 is 0 Å². The van der Waals surface area contributed by atoms with Gasteiger partial charge >= 0.3 is 0 Å². The minimum atomic E-state index is 0.646. The molecule has 4 heteroatoms. The van der Waals surface area contributed by atoms with Crippen LogP contribution in [0, 0.1) is 0 Å². The van der Waals surface area contributed by atoms with Gasteiger partial charge in [0.2, 0.25) is 6.08 Å². The second kappa shape index (κ2) is 5.21. The van der Waals surface area contributed by atoms with E-state index in [9.17, 15) is 4.79 Å². The van der Waals surface area contributed by atoms with Gasteiger partial charge in [-0.3, -0.25) is 0 Å². The number of hydrogen-bond donors (Lipinski definition) is 0. The molecule has 0 aliphatic rings. The molecule has 1 aromatic carbocycles. The molecule has 0 saturated heterocycles. The van der Waals surface area contributed by atoms with Crippen LogP contribution in [0.2, 0.25) is 0 Å². The summed E-state index contributed by atoms with van der Waals surface area (Å²) in [6, 6.07) is 8.23. The summed E-state index contributed by atoms with van der Waals surface area (Å²) in [5.41, 5.74) is 1.08. The van der Waals surface area contributed by atoms with Crippen LogP contribution in [0.1, 0.15) is 13.3 Å². The number of aliphatic imine (C=N–C) groups is 1. The topological polar surface area (TPSA) is 34.4 Å². The van der Waals surface area contributed by atoms with Crippen molar-refractivity contribution in [3.8, 4) is 0 Å². The van der Waals surface area contributed by atoms with Crippen molar-refractivity contribution in [3.05, 3.63) is 24.3 Å². The summed E-state index contributed by atoms with van der Waals surface area (Å²) in [7, 11) is 1.90. The van der Waals surface area contributed by atoms with Gasteiger partial charge in [0.15, 0.2) is 0 Å². The van der Waals surface area contributed by atoms with Crippen molar-refractivity contribution in [2.24, 2.45) is 12.0 Å². The number of rotatable bonds is 4. The maximum absolute atomic E-state index is 10.3. The second-order valence-electron chi connectivity index (χ2n) is 3.83. The van der Waals surface area contributed by atoms with Gasteiger partial charge in [-0.25, -0.2) is 4.79 Å². The minimum Gasteiger partial charge on any atom is -0.328 e. The fourth-order valence-corrected chi connectivity index (χ4v) is 2.59. The Morgan fingerprint density at radius 2 is 2.24 bits per heavy atom. The first kappa shape index (κ1) is 12.0. The summed E-state index contributed by atoms with van der Waals surface area (Å²) in [4.78, 5) is 15.2. The number of nitrogens with zero attached hydrogens (tertiary/aromatic N) is 2. The summed E-state index contributed by atoms with van der Waals surface area (Å²) in [5, 5.41) is 1.11. The van der Waals surface area contributed by atoms with E-state index in [1.807, 2.05) is 29.4 Å². The van der Waals surface area contributed by atoms with E-state index in [1.54, 1.807) is 6.08 Å². The van der Waals surface area contributed by atoms with Gasteiger partial charge in [0, 0.05) is 22.8 Å². The van der Waals surface area contributed by atoms with Gasteiger partial charge in [-0.2, -0.15) is 0 Å². The monoisotopic (exact) mass is 246 g/mol. The molecule has 0 N–H and O–H groups in total. The van der Waals surface area contributed by atoms with E-state index in [-0.39, 0.29) is 0 Å². The second-order valence-corrected chi connectivity index (χ2v) is 5.00. The van der Waals surface area contributed by atoms with Crippen LogP contribution in [0.3, 0.4) is 0 Å². The predicted molar refractivity (Wildman–Crippen MR) is 71.7 cm³/mol. The third-order valence-electron chi connectivity index (χ3n) is 2.62. The number of carbonyl (C=O) groups excluding carboxylic acids is 1. The van der Waals surface area contributed by atoms with Gasteiger partial charge in [-0.1, -0.05) is 6.92 Å². The standard InChI is InChI=1S/C13H14N2OS/c1-3-6-17-11-4-5-12-10(7-11)8-13(14-9-16)15(12)2/h4-5,7-8H,3,6H2,1-2H3. The lowest BCUT2D eigenvalue weighted by molar-refractivity contribution is 0.565. The highest BCUT2D eigenvalue weighted by molar-refractivity contribution is 7.99. The molecule has 3 nitrogen and oxygen atoms in total. The van der Waals surface area contributed by atoms with Crippen LogP contribution in [0.5, 0.6) is 0 Å². The molecule has 0 amide bonds.